The van der Waals surface area contributed by atoms with Crippen LogP contribution < -0.4 is 5.32 Å². The number of H-pyrrole nitrogens is 1. The molecule has 0 aliphatic heterocycles. The van der Waals surface area contributed by atoms with Gasteiger partial charge in [-0.05, 0) is 24.0 Å². The van der Waals surface area contributed by atoms with Gasteiger partial charge in [-0.25, -0.2) is 4.98 Å². The van der Waals surface area contributed by atoms with E-state index in [0.717, 1.165) is 17.8 Å². The lowest BCUT2D eigenvalue weighted by molar-refractivity contribution is -0.109. The Kier molecular flexibility index (Phi) is 4.49. The van der Waals surface area contributed by atoms with Crippen LogP contribution in [0, 0.1) is 0 Å². The van der Waals surface area contributed by atoms with Crippen molar-refractivity contribution in [3.05, 3.63) is 36.2 Å². The van der Waals surface area contributed by atoms with Crippen molar-refractivity contribution in [2.24, 2.45) is 0 Å². The highest BCUT2D eigenvalue weighted by atomic mass is 32.2. The molecule has 1 amide bonds. The summed E-state index contributed by atoms with van der Waals surface area (Å²) in [7, 11) is 0. The van der Waals surface area contributed by atoms with Crippen LogP contribution in [0.3, 0.4) is 0 Å². The predicted molar refractivity (Wildman–Crippen MR) is 82.9 cm³/mol. The monoisotopic (exact) mass is 289 g/mol. The third kappa shape index (κ3) is 3.04. The maximum absolute atomic E-state index is 10.5. The number of aromatic nitrogens is 2. The molecule has 0 spiro atoms. The van der Waals surface area contributed by atoms with Gasteiger partial charge in [-0.2, -0.15) is 0 Å². The van der Waals surface area contributed by atoms with Crippen molar-refractivity contribution in [1.29, 1.82) is 0 Å². The van der Waals surface area contributed by atoms with Gasteiger partial charge in [-0.15, -0.1) is 11.8 Å². The molecule has 4 nitrogen and oxygen atoms in total. The zero-order chi connectivity index (χ0) is 14.6. The normalized spacial score (nSPS) is 11.3. The minimum absolute atomic E-state index is 0.126. The Morgan fingerprint density at radius 1 is 1.45 bits per heavy atom. The molecular formula is C15H19N3OS. The Bertz CT molecular complexity index is 579. The van der Waals surface area contributed by atoms with Crippen molar-refractivity contribution >= 4 is 18.2 Å². The first-order valence-corrected chi connectivity index (χ1v) is 7.66. The lowest BCUT2D eigenvalue weighted by atomic mass is 9.84. The van der Waals surface area contributed by atoms with Gasteiger partial charge in [0.25, 0.3) is 0 Å². The molecule has 0 aliphatic carbocycles. The van der Waals surface area contributed by atoms with E-state index in [1.54, 1.807) is 18.0 Å². The summed E-state index contributed by atoms with van der Waals surface area (Å²) in [5, 5.41) is 2.76. The summed E-state index contributed by atoms with van der Waals surface area (Å²) in [6.07, 6.45) is 6.38. The van der Waals surface area contributed by atoms with E-state index in [4.69, 9.17) is 0 Å². The zero-order valence-electron chi connectivity index (χ0n) is 11.9. The molecule has 0 radical (unpaired) electrons. The summed E-state index contributed by atoms with van der Waals surface area (Å²) < 4.78 is 0. The Morgan fingerprint density at radius 3 is 2.85 bits per heavy atom. The van der Waals surface area contributed by atoms with E-state index in [2.05, 4.69) is 53.6 Å². The van der Waals surface area contributed by atoms with Gasteiger partial charge in [0.2, 0.25) is 6.41 Å². The predicted octanol–water partition coefficient (Wildman–Crippen LogP) is 2.82. The minimum atomic E-state index is -0.126. The highest BCUT2D eigenvalue weighted by Gasteiger charge is 2.22. The Hall–Kier alpha value is -1.75. The Labute approximate surface area is 123 Å². The van der Waals surface area contributed by atoms with E-state index < -0.39 is 0 Å². The van der Waals surface area contributed by atoms with Gasteiger partial charge in [0.05, 0.1) is 0 Å². The lowest BCUT2D eigenvalue weighted by Crippen LogP contribution is -2.32. The van der Waals surface area contributed by atoms with E-state index >= 15 is 0 Å². The van der Waals surface area contributed by atoms with Gasteiger partial charge < -0.3 is 10.3 Å². The largest absolute Gasteiger partial charge is 0.358 e. The number of thioether (sulfide) groups is 1. The van der Waals surface area contributed by atoms with Crippen LogP contribution in [0.5, 0.6) is 0 Å². The van der Waals surface area contributed by atoms with Crippen LogP contribution >= 0.6 is 11.8 Å². The molecule has 20 heavy (non-hydrogen) atoms. The fraction of sp³-hybridized carbons (Fsp3) is 0.333. The van der Waals surface area contributed by atoms with E-state index in [9.17, 15) is 4.79 Å². The third-order valence-electron chi connectivity index (χ3n) is 3.36. The van der Waals surface area contributed by atoms with Gasteiger partial charge in [-0.1, -0.05) is 19.9 Å². The van der Waals surface area contributed by atoms with Crippen LogP contribution in [0.1, 0.15) is 19.4 Å². The van der Waals surface area contributed by atoms with Crippen LogP contribution in [0.25, 0.3) is 11.4 Å². The average molecular weight is 289 g/mol. The van der Waals surface area contributed by atoms with E-state index in [0.29, 0.717) is 6.54 Å². The minimum Gasteiger partial charge on any atom is -0.358 e. The first kappa shape index (κ1) is 14.7. The summed E-state index contributed by atoms with van der Waals surface area (Å²) in [5.74, 6) is 0.871. The molecule has 1 aromatic heterocycles. The third-order valence-corrected chi connectivity index (χ3v) is 4.16. The fourth-order valence-corrected chi connectivity index (χ4v) is 2.71. The second kappa shape index (κ2) is 6.13. The standard InChI is InChI=1S/C15H19N3OS/c1-15(2,9-16-10-19)11-4-5-13(20-3)12(8-11)14-17-6-7-18-14/h4-8,10H,9H2,1-3H3,(H,16,19)(H,17,18). The summed E-state index contributed by atoms with van der Waals surface area (Å²) in [6.45, 7) is 4.83. The van der Waals surface area contributed by atoms with Crippen LogP contribution in [0.2, 0.25) is 0 Å². The molecule has 106 valence electrons. The summed E-state index contributed by atoms with van der Waals surface area (Å²) in [6, 6.07) is 6.38. The number of imidazole rings is 1. The summed E-state index contributed by atoms with van der Waals surface area (Å²) in [5.41, 5.74) is 2.15. The highest BCUT2D eigenvalue weighted by Crippen LogP contribution is 2.33. The molecule has 5 heteroatoms. The molecule has 0 bridgehead atoms. The Morgan fingerprint density at radius 2 is 2.25 bits per heavy atom. The molecule has 2 rings (SSSR count). The van der Waals surface area contributed by atoms with Crippen molar-refractivity contribution in [2.75, 3.05) is 12.8 Å². The number of nitrogens with zero attached hydrogens (tertiary/aromatic N) is 1. The van der Waals surface area contributed by atoms with Crippen molar-refractivity contribution in [3.63, 3.8) is 0 Å². The van der Waals surface area contributed by atoms with Gasteiger partial charge in [-0.3, -0.25) is 4.79 Å². The first-order valence-electron chi connectivity index (χ1n) is 6.44. The molecule has 0 fully saturated rings. The van der Waals surface area contributed by atoms with E-state index in [-0.39, 0.29) is 5.41 Å². The molecule has 1 aromatic carbocycles. The smallest absolute Gasteiger partial charge is 0.207 e. The molecule has 0 aliphatic rings. The molecule has 0 unspecified atom stereocenters. The fourth-order valence-electron chi connectivity index (χ4n) is 2.13. The van der Waals surface area contributed by atoms with Gasteiger partial charge in [0, 0.05) is 34.8 Å². The quantitative estimate of drug-likeness (QED) is 0.635. The van der Waals surface area contributed by atoms with Crippen molar-refractivity contribution in [3.8, 4) is 11.4 Å². The number of carbonyl (C=O) groups excluding carboxylic acids is 1. The van der Waals surface area contributed by atoms with E-state index in [1.165, 1.54) is 10.5 Å². The second-order valence-corrected chi connectivity index (χ2v) is 6.08. The SMILES string of the molecule is CSc1ccc(C(C)(C)CNC=O)cc1-c1ncc[nH]1. The van der Waals surface area contributed by atoms with Crippen molar-refractivity contribution in [2.45, 2.75) is 24.2 Å². The molecule has 0 saturated carbocycles. The van der Waals surface area contributed by atoms with Crippen molar-refractivity contribution in [1.82, 2.24) is 15.3 Å². The lowest BCUT2D eigenvalue weighted by Gasteiger charge is -2.25. The number of amides is 1. The van der Waals surface area contributed by atoms with Gasteiger partial charge >= 0.3 is 0 Å². The number of hydrogen-bond acceptors (Lipinski definition) is 3. The number of benzene rings is 1. The van der Waals surface area contributed by atoms with E-state index in [1.807, 2.05) is 6.20 Å². The topological polar surface area (TPSA) is 57.8 Å². The summed E-state index contributed by atoms with van der Waals surface area (Å²) >= 11 is 1.70. The van der Waals surface area contributed by atoms with Crippen LogP contribution in [0.15, 0.2) is 35.5 Å². The number of carbonyl (C=O) groups is 1. The Balaban J connectivity index is 2.42. The van der Waals surface area contributed by atoms with Crippen LogP contribution in [0.4, 0.5) is 0 Å². The van der Waals surface area contributed by atoms with Crippen molar-refractivity contribution < 1.29 is 4.79 Å². The maximum atomic E-state index is 10.5. The molecule has 0 saturated heterocycles. The maximum Gasteiger partial charge on any atom is 0.207 e. The number of hydrogen-bond donors (Lipinski definition) is 2. The first-order chi connectivity index (χ1) is 9.58. The molecule has 0 atom stereocenters. The van der Waals surface area contributed by atoms with Gasteiger partial charge in [0.15, 0.2) is 0 Å². The molecule has 2 N–H and O–H groups in total. The number of rotatable bonds is 6. The second-order valence-electron chi connectivity index (χ2n) is 5.24. The molecular weight excluding hydrogens is 270 g/mol. The average Bonchev–Trinajstić information content (AvgIpc) is 2.98. The van der Waals surface area contributed by atoms with Gasteiger partial charge in [0.1, 0.15) is 5.82 Å². The highest BCUT2D eigenvalue weighted by molar-refractivity contribution is 7.98. The summed E-state index contributed by atoms with van der Waals surface area (Å²) in [4.78, 5) is 19.2. The van der Waals surface area contributed by atoms with Crippen LogP contribution in [-0.2, 0) is 10.2 Å². The zero-order valence-corrected chi connectivity index (χ0v) is 12.8. The molecule has 2 aromatic rings. The van der Waals surface area contributed by atoms with Crippen LogP contribution in [-0.4, -0.2) is 29.2 Å². The number of aromatic amines is 1. The number of nitrogens with one attached hydrogen (secondary N) is 2. The molecule has 1 heterocycles.